The summed E-state index contributed by atoms with van der Waals surface area (Å²) in [6.07, 6.45) is 1.14. The zero-order valence-corrected chi connectivity index (χ0v) is 9.78. The summed E-state index contributed by atoms with van der Waals surface area (Å²) in [4.78, 5) is 0. The largest absolute Gasteiger partial charge is 0.376 e. The molecule has 1 heterocycles. The van der Waals surface area contributed by atoms with Gasteiger partial charge in [-0.25, -0.2) is 0 Å². The van der Waals surface area contributed by atoms with E-state index in [1.165, 1.54) is 11.1 Å². The molecule has 2 atom stereocenters. The van der Waals surface area contributed by atoms with Gasteiger partial charge in [-0.1, -0.05) is 24.3 Å². The molecule has 1 fully saturated rings. The fraction of sp³-hybridized carbons (Fsp3) is 0.538. The fourth-order valence-corrected chi connectivity index (χ4v) is 2.18. The van der Waals surface area contributed by atoms with Gasteiger partial charge in [-0.15, -0.1) is 0 Å². The zero-order chi connectivity index (χ0) is 11.4. The van der Waals surface area contributed by atoms with Crippen LogP contribution >= 0.6 is 0 Å². The van der Waals surface area contributed by atoms with Crippen LogP contribution in [0.15, 0.2) is 24.3 Å². The van der Waals surface area contributed by atoms with Crippen LogP contribution in [0.3, 0.4) is 0 Å². The third kappa shape index (κ3) is 2.82. The molecule has 16 heavy (non-hydrogen) atoms. The lowest BCUT2D eigenvalue weighted by Gasteiger charge is -2.26. The van der Waals surface area contributed by atoms with Crippen molar-refractivity contribution in [1.82, 2.24) is 5.32 Å². The normalized spacial score (nSPS) is 23.0. The second-order valence-corrected chi connectivity index (χ2v) is 4.40. The molecular weight excluding hydrogens is 200 g/mol. The Morgan fingerprint density at radius 1 is 1.50 bits per heavy atom. The summed E-state index contributed by atoms with van der Waals surface area (Å²) in [5.41, 5.74) is 8.71. The first-order valence-electron chi connectivity index (χ1n) is 5.91. The van der Waals surface area contributed by atoms with E-state index in [1.807, 2.05) is 12.1 Å². The van der Waals surface area contributed by atoms with Crippen molar-refractivity contribution in [2.45, 2.75) is 25.5 Å². The highest BCUT2D eigenvalue weighted by atomic mass is 16.5. The van der Waals surface area contributed by atoms with Crippen LogP contribution < -0.4 is 11.1 Å². The van der Waals surface area contributed by atoms with Gasteiger partial charge in [-0.05, 0) is 24.5 Å². The minimum Gasteiger partial charge on any atom is -0.376 e. The number of nitrogens with one attached hydrogen (secondary N) is 1. The molecule has 3 N–H and O–H groups in total. The Morgan fingerprint density at radius 2 is 2.31 bits per heavy atom. The van der Waals surface area contributed by atoms with Gasteiger partial charge in [0.1, 0.15) is 0 Å². The number of hydrogen-bond donors (Lipinski definition) is 2. The summed E-state index contributed by atoms with van der Waals surface area (Å²) < 4.78 is 5.67. The zero-order valence-electron chi connectivity index (χ0n) is 9.78. The molecule has 0 amide bonds. The average Bonchev–Trinajstić information content (AvgIpc) is 2.31. The highest BCUT2D eigenvalue weighted by molar-refractivity contribution is 5.28. The van der Waals surface area contributed by atoms with Crippen LogP contribution in [-0.2, 0) is 4.74 Å². The molecule has 0 radical (unpaired) electrons. The number of ether oxygens (including phenoxy) is 1. The van der Waals surface area contributed by atoms with Crippen molar-refractivity contribution >= 4 is 0 Å². The van der Waals surface area contributed by atoms with Crippen LogP contribution in [0.2, 0.25) is 0 Å². The van der Waals surface area contributed by atoms with E-state index in [0.717, 1.165) is 26.1 Å². The molecule has 3 heteroatoms. The van der Waals surface area contributed by atoms with E-state index < -0.39 is 0 Å². The molecule has 88 valence electrons. The summed E-state index contributed by atoms with van der Waals surface area (Å²) in [5, 5.41) is 3.33. The maximum atomic E-state index is 6.22. The number of nitrogens with two attached hydrogens (primary N) is 1. The van der Waals surface area contributed by atoms with Crippen LogP contribution in [0.5, 0.6) is 0 Å². The van der Waals surface area contributed by atoms with E-state index in [0.29, 0.717) is 0 Å². The minimum atomic E-state index is 0.0751. The van der Waals surface area contributed by atoms with Crippen LogP contribution in [0.1, 0.15) is 23.6 Å². The van der Waals surface area contributed by atoms with Crippen molar-refractivity contribution < 1.29 is 4.74 Å². The Labute approximate surface area is 97.0 Å². The van der Waals surface area contributed by atoms with E-state index in [9.17, 15) is 0 Å². The fourth-order valence-electron chi connectivity index (χ4n) is 2.18. The molecule has 2 rings (SSSR count). The van der Waals surface area contributed by atoms with Gasteiger partial charge in [0.25, 0.3) is 0 Å². The van der Waals surface area contributed by atoms with Crippen molar-refractivity contribution in [2.75, 3.05) is 19.7 Å². The Balaban J connectivity index is 1.96. The quantitative estimate of drug-likeness (QED) is 0.809. The topological polar surface area (TPSA) is 47.3 Å². The third-order valence-corrected chi connectivity index (χ3v) is 3.11. The molecule has 1 aliphatic rings. The third-order valence-electron chi connectivity index (χ3n) is 3.11. The van der Waals surface area contributed by atoms with Gasteiger partial charge >= 0.3 is 0 Å². The minimum absolute atomic E-state index is 0.0751. The molecule has 0 saturated carbocycles. The van der Waals surface area contributed by atoms with E-state index in [4.69, 9.17) is 10.5 Å². The molecule has 0 aromatic heterocycles. The first kappa shape index (κ1) is 11.6. The van der Waals surface area contributed by atoms with Gasteiger partial charge in [0, 0.05) is 19.1 Å². The number of benzene rings is 1. The Bertz CT molecular complexity index is 334. The average molecular weight is 220 g/mol. The summed E-state index contributed by atoms with van der Waals surface area (Å²) in [5.74, 6) is 0. The van der Waals surface area contributed by atoms with Crippen molar-refractivity contribution in [3.8, 4) is 0 Å². The SMILES string of the molecule is Cc1ccccc1C(N)CC1CNCCO1. The lowest BCUT2D eigenvalue weighted by molar-refractivity contribution is 0.0195. The maximum absolute atomic E-state index is 6.22. The number of hydrogen-bond acceptors (Lipinski definition) is 3. The van der Waals surface area contributed by atoms with E-state index >= 15 is 0 Å². The smallest absolute Gasteiger partial charge is 0.0718 e. The Kier molecular flexibility index (Phi) is 3.93. The second kappa shape index (κ2) is 5.43. The first-order valence-corrected chi connectivity index (χ1v) is 5.91. The van der Waals surface area contributed by atoms with Crippen molar-refractivity contribution in [2.24, 2.45) is 5.73 Å². The lowest BCUT2D eigenvalue weighted by Crippen LogP contribution is -2.40. The maximum Gasteiger partial charge on any atom is 0.0718 e. The van der Waals surface area contributed by atoms with E-state index in [1.54, 1.807) is 0 Å². The van der Waals surface area contributed by atoms with Crippen LogP contribution in [0.4, 0.5) is 0 Å². The number of morpholine rings is 1. The molecule has 1 aromatic carbocycles. The molecule has 1 aromatic rings. The van der Waals surface area contributed by atoms with E-state index in [-0.39, 0.29) is 12.1 Å². The summed E-state index contributed by atoms with van der Waals surface area (Å²) >= 11 is 0. The number of aryl methyl sites for hydroxylation is 1. The van der Waals surface area contributed by atoms with Crippen molar-refractivity contribution in [3.05, 3.63) is 35.4 Å². The summed E-state index contributed by atoms with van der Waals surface area (Å²) in [7, 11) is 0. The molecule has 1 aliphatic heterocycles. The van der Waals surface area contributed by atoms with E-state index in [2.05, 4.69) is 24.4 Å². The highest BCUT2D eigenvalue weighted by Gasteiger charge is 2.18. The van der Waals surface area contributed by atoms with Crippen molar-refractivity contribution in [1.29, 1.82) is 0 Å². The molecule has 0 bridgehead atoms. The standard InChI is InChI=1S/C13H20N2O/c1-10-4-2-3-5-12(10)13(14)8-11-9-15-6-7-16-11/h2-5,11,13,15H,6-9,14H2,1H3. The monoisotopic (exact) mass is 220 g/mol. The van der Waals surface area contributed by atoms with Gasteiger partial charge in [-0.2, -0.15) is 0 Å². The Hall–Kier alpha value is -0.900. The predicted molar refractivity (Wildman–Crippen MR) is 65.3 cm³/mol. The summed E-state index contributed by atoms with van der Waals surface area (Å²) in [6.45, 7) is 4.77. The first-order chi connectivity index (χ1) is 7.77. The van der Waals surface area contributed by atoms with Crippen LogP contribution in [0, 0.1) is 6.92 Å². The molecule has 2 unspecified atom stereocenters. The Morgan fingerprint density at radius 3 is 3.00 bits per heavy atom. The lowest BCUT2D eigenvalue weighted by atomic mass is 9.97. The molecular formula is C13H20N2O. The van der Waals surface area contributed by atoms with Gasteiger partial charge in [0.05, 0.1) is 12.7 Å². The second-order valence-electron chi connectivity index (χ2n) is 4.40. The van der Waals surface area contributed by atoms with Gasteiger partial charge in [0.15, 0.2) is 0 Å². The molecule has 0 spiro atoms. The predicted octanol–water partition coefficient (Wildman–Crippen LogP) is 1.37. The van der Waals surface area contributed by atoms with Gasteiger partial charge in [-0.3, -0.25) is 0 Å². The molecule has 1 saturated heterocycles. The number of rotatable bonds is 3. The van der Waals surface area contributed by atoms with Gasteiger partial charge in [0.2, 0.25) is 0 Å². The van der Waals surface area contributed by atoms with Crippen molar-refractivity contribution in [3.63, 3.8) is 0 Å². The van der Waals surface area contributed by atoms with Crippen LogP contribution in [0.25, 0.3) is 0 Å². The molecule has 3 nitrogen and oxygen atoms in total. The van der Waals surface area contributed by atoms with Crippen LogP contribution in [-0.4, -0.2) is 25.8 Å². The highest BCUT2D eigenvalue weighted by Crippen LogP contribution is 2.20. The van der Waals surface area contributed by atoms with Gasteiger partial charge < -0.3 is 15.8 Å². The summed E-state index contributed by atoms with van der Waals surface area (Å²) in [6, 6.07) is 8.38. The molecule has 0 aliphatic carbocycles.